The van der Waals surface area contributed by atoms with Crippen LogP contribution in [0.1, 0.15) is 31.2 Å². The van der Waals surface area contributed by atoms with Crippen molar-refractivity contribution in [2.45, 2.75) is 37.4 Å². The number of benzene rings is 1. The highest BCUT2D eigenvalue weighted by atomic mass is 16.6. The second kappa shape index (κ2) is 6.84. The van der Waals surface area contributed by atoms with Crippen LogP contribution in [-0.2, 0) is 14.3 Å². The van der Waals surface area contributed by atoms with E-state index in [1.54, 1.807) is 29.2 Å². The Balaban J connectivity index is 1.32. The normalized spacial score (nSPS) is 24.9. The van der Waals surface area contributed by atoms with Crippen LogP contribution >= 0.6 is 0 Å². The number of hydrogen-bond donors (Lipinski definition) is 2. The molecule has 144 valence electrons. The van der Waals surface area contributed by atoms with Crippen LogP contribution in [0.3, 0.4) is 0 Å². The van der Waals surface area contributed by atoms with Gasteiger partial charge >= 0.3 is 12.1 Å². The molecule has 3 aliphatic heterocycles. The van der Waals surface area contributed by atoms with E-state index in [2.05, 4.69) is 4.90 Å². The fourth-order valence-electron chi connectivity index (χ4n) is 4.10. The average Bonchev–Trinajstić information content (AvgIpc) is 3.20. The van der Waals surface area contributed by atoms with Gasteiger partial charge in [-0.15, -0.1) is 0 Å². The van der Waals surface area contributed by atoms with E-state index in [1.165, 1.54) is 0 Å². The summed E-state index contributed by atoms with van der Waals surface area (Å²) in [7, 11) is 0. The number of amides is 1. The maximum absolute atomic E-state index is 12.2. The van der Waals surface area contributed by atoms with Gasteiger partial charge in [0.15, 0.2) is 0 Å². The standard InChI is InChI=1S/C19H24N4O4/c20-17(21)13-1-3-14(4-2-13)23-12-15(26-18(23)25)11-22-9-7-19(8-10-22)6-5-16(24)27-19/h1-4,15H,5-12H2,(H3,20,21). The molecule has 0 saturated carbocycles. The first-order valence-corrected chi connectivity index (χ1v) is 9.31. The van der Waals surface area contributed by atoms with E-state index >= 15 is 0 Å². The van der Waals surface area contributed by atoms with Gasteiger partial charge in [-0.25, -0.2) is 4.79 Å². The van der Waals surface area contributed by atoms with Crippen LogP contribution in [0, 0.1) is 5.41 Å². The van der Waals surface area contributed by atoms with Crippen LogP contribution in [0.15, 0.2) is 24.3 Å². The average molecular weight is 372 g/mol. The summed E-state index contributed by atoms with van der Waals surface area (Å²) in [6.45, 7) is 2.86. The number of cyclic esters (lactones) is 1. The molecule has 0 radical (unpaired) electrons. The molecule has 3 heterocycles. The molecule has 1 aromatic carbocycles. The van der Waals surface area contributed by atoms with Crippen molar-refractivity contribution in [1.29, 1.82) is 5.41 Å². The molecule has 8 nitrogen and oxygen atoms in total. The van der Waals surface area contributed by atoms with Gasteiger partial charge in [0.1, 0.15) is 17.5 Å². The maximum atomic E-state index is 12.2. The molecule has 1 unspecified atom stereocenters. The Labute approximate surface area is 157 Å². The van der Waals surface area contributed by atoms with Gasteiger partial charge in [-0.3, -0.25) is 20.0 Å². The van der Waals surface area contributed by atoms with Gasteiger partial charge in [-0.2, -0.15) is 0 Å². The fraction of sp³-hybridized carbons (Fsp3) is 0.526. The smallest absolute Gasteiger partial charge is 0.414 e. The molecule has 3 N–H and O–H groups in total. The van der Waals surface area contributed by atoms with Crippen molar-refractivity contribution in [2.75, 3.05) is 31.1 Å². The molecule has 1 amide bonds. The molecular weight excluding hydrogens is 348 g/mol. The molecule has 4 rings (SSSR count). The highest BCUT2D eigenvalue weighted by Gasteiger charge is 2.43. The Hall–Kier alpha value is -2.61. The summed E-state index contributed by atoms with van der Waals surface area (Å²) in [6.07, 6.45) is 2.49. The summed E-state index contributed by atoms with van der Waals surface area (Å²) in [4.78, 5) is 27.6. The Morgan fingerprint density at radius 3 is 2.48 bits per heavy atom. The van der Waals surface area contributed by atoms with Crippen molar-refractivity contribution in [3.63, 3.8) is 0 Å². The number of anilines is 1. The lowest BCUT2D eigenvalue weighted by Gasteiger charge is -2.38. The van der Waals surface area contributed by atoms with E-state index in [9.17, 15) is 9.59 Å². The predicted molar refractivity (Wildman–Crippen MR) is 98.8 cm³/mol. The number of carbonyl (C=O) groups is 2. The Bertz CT molecular complexity index is 755. The number of esters is 1. The maximum Gasteiger partial charge on any atom is 0.414 e. The minimum absolute atomic E-state index is 0.000706. The van der Waals surface area contributed by atoms with E-state index in [4.69, 9.17) is 20.6 Å². The summed E-state index contributed by atoms with van der Waals surface area (Å²) < 4.78 is 11.1. The predicted octanol–water partition coefficient (Wildman–Crippen LogP) is 1.47. The van der Waals surface area contributed by atoms with Gasteiger partial charge < -0.3 is 15.2 Å². The number of carbonyl (C=O) groups excluding carboxylic acids is 2. The van der Waals surface area contributed by atoms with Crippen LogP contribution < -0.4 is 10.6 Å². The number of ether oxygens (including phenoxy) is 2. The topological polar surface area (TPSA) is 109 Å². The molecule has 3 saturated heterocycles. The van der Waals surface area contributed by atoms with Crippen LogP contribution in [0.4, 0.5) is 10.5 Å². The number of likely N-dealkylation sites (tertiary alicyclic amines) is 1. The van der Waals surface area contributed by atoms with Crippen molar-refractivity contribution < 1.29 is 19.1 Å². The fourth-order valence-corrected chi connectivity index (χ4v) is 4.10. The largest absolute Gasteiger partial charge is 0.459 e. The first kappa shape index (κ1) is 17.8. The number of hydrogen-bond acceptors (Lipinski definition) is 6. The van der Waals surface area contributed by atoms with Crippen molar-refractivity contribution in [2.24, 2.45) is 5.73 Å². The van der Waals surface area contributed by atoms with E-state index in [-0.39, 0.29) is 29.6 Å². The number of piperidine rings is 1. The second-order valence-corrected chi connectivity index (χ2v) is 7.53. The molecule has 3 aliphatic rings. The molecule has 1 aromatic rings. The third-order valence-corrected chi connectivity index (χ3v) is 5.71. The van der Waals surface area contributed by atoms with Gasteiger partial charge in [-0.05, 0) is 43.5 Å². The van der Waals surface area contributed by atoms with Crippen LogP contribution in [0.25, 0.3) is 0 Å². The number of amidine groups is 1. The summed E-state index contributed by atoms with van der Waals surface area (Å²) in [5.41, 5.74) is 6.57. The summed E-state index contributed by atoms with van der Waals surface area (Å²) in [5.74, 6) is -0.0844. The molecule has 27 heavy (non-hydrogen) atoms. The molecule has 0 aliphatic carbocycles. The Morgan fingerprint density at radius 1 is 1.19 bits per heavy atom. The third-order valence-electron chi connectivity index (χ3n) is 5.71. The van der Waals surface area contributed by atoms with Gasteiger partial charge in [0.05, 0.1) is 6.54 Å². The molecule has 1 atom stereocenters. The zero-order valence-electron chi connectivity index (χ0n) is 15.1. The quantitative estimate of drug-likeness (QED) is 0.471. The molecule has 0 bridgehead atoms. The van der Waals surface area contributed by atoms with Crippen LogP contribution in [0.2, 0.25) is 0 Å². The Morgan fingerprint density at radius 2 is 1.89 bits per heavy atom. The molecule has 1 spiro atoms. The number of rotatable bonds is 4. The van der Waals surface area contributed by atoms with Gasteiger partial charge in [-0.1, -0.05) is 0 Å². The van der Waals surface area contributed by atoms with Gasteiger partial charge in [0, 0.05) is 37.3 Å². The third kappa shape index (κ3) is 3.62. The Kier molecular flexibility index (Phi) is 4.51. The first-order valence-electron chi connectivity index (χ1n) is 9.31. The van der Waals surface area contributed by atoms with Crippen LogP contribution in [0.5, 0.6) is 0 Å². The minimum Gasteiger partial charge on any atom is -0.459 e. The summed E-state index contributed by atoms with van der Waals surface area (Å²) in [6, 6.07) is 7.01. The van der Waals surface area contributed by atoms with Gasteiger partial charge in [0.25, 0.3) is 0 Å². The second-order valence-electron chi connectivity index (χ2n) is 7.53. The zero-order valence-corrected chi connectivity index (χ0v) is 15.1. The van der Waals surface area contributed by atoms with Crippen LogP contribution in [-0.4, -0.2) is 60.7 Å². The number of nitrogens with two attached hydrogens (primary N) is 1. The molecular formula is C19H24N4O4. The lowest BCUT2D eigenvalue weighted by molar-refractivity contribution is -0.152. The monoisotopic (exact) mass is 372 g/mol. The van der Waals surface area contributed by atoms with Gasteiger partial charge in [0.2, 0.25) is 0 Å². The molecule has 0 aromatic heterocycles. The number of nitrogens with zero attached hydrogens (tertiary/aromatic N) is 2. The number of nitrogens with one attached hydrogen (secondary N) is 1. The first-order chi connectivity index (χ1) is 12.9. The lowest BCUT2D eigenvalue weighted by Crippen LogP contribution is -2.47. The van der Waals surface area contributed by atoms with Crippen molar-refractivity contribution in [3.05, 3.63) is 29.8 Å². The van der Waals surface area contributed by atoms with E-state index in [1.807, 2.05) is 0 Å². The van der Waals surface area contributed by atoms with E-state index < -0.39 is 0 Å². The van der Waals surface area contributed by atoms with E-state index in [0.717, 1.165) is 38.0 Å². The lowest BCUT2D eigenvalue weighted by atomic mass is 9.88. The highest BCUT2D eigenvalue weighted by Crippen LogP contribution is 2.36. The molecule has 3 fully saturated rings. The minimum atomic E-state index is -0.353. The van der Waals surface area contributed by atoms with E-state index in [0.29, 0.717) is 25.1 Å². The summed E-state index contributed by atoms with van der Waals surface area (Å²) >= 11 is 0. The van der Waals surface area contributed by atoms with Crippen molar-refractivity contribution in [1.82, 2.24) is 4.90 Å². The van der Waals surface area contributed by atoms with Crippen molar-refractivity contribution in [3.8, 4) is 0 Å². The summed E-state index contributed by atoms with van der Waals surface area (Å²) in [5, 5.41) is 7.44. The number of nitrogen functional groups attached to an aromatic ring is 1. The highest BCUT2D eigenvalue weighted by molar-refractivity contribution is 5.96. The van der Waals surface area contributed by atoms with Crippen molar-refractivity contribution >= 4 is 23.6 Å². The molecule has 8 heteroatoms. The SMILES string of the molecule is N=C(N)c1ccc(N2CC(CN3CCC4(CCC(=O)O4)CC3)OC2=O)cc1. The zero-order chi connectivity index (χ0) is 19.0.